The fourth-order valence-corrected chi connectivity index (χ4v) is 4.95. The Morgan fingerprint density at radius 2 is 1.86 bits per heavy atom. The number of rotatable bonds is 9. The molecule has 0 fully saturated rings. The van der Waals surface area contributed by atoms with Crippen LogP contribution in [0.5, 0.6) is 0 Å². The first kappa shape index (κ1) is 24.0. The van der Waals surface area contributed by atoms with E-state index in [1.165, 1.54) is 4.68 Å². The van der Waals surface area contributed by atoms with E-state index in [-0.39, 0.29) is 25.1 Å². The maximum Gasteiger partial charge on any atom is 0.327 e. The number of nitrogens with zero attached hydrogens (tertiary/aromatic N) is 5. The highest BCUT2D eigenvalue weighted by Gasteiger charge is 2.43. The first-order valence-corrected chi connectivity index (χ1v) is 12.7. The van der Waals surface area contributed by atoms with Crippen LogP contribution >= 0.6 is 15.9 Å². The van der Waals surface area contributed by atoms with E-state index in [1.807, 2.05) is 70.3 Å². The van der Waals surface area contributed by atoms with E-state index in [2.05, 4.69) is 20.9 Å². The van der Waals surface area contributed by atoms with Crippen LogP contribution in [-0.4, -0.2) is 49.3 Å². The highest BCUT2D eigenvalue weighted by atomic mass is 79.9. The van der Waals surface area contributed by atoms with Gasteiger partial charge in [0.1, 0.15) is 12.2 Å². The molecule has 1 aliphatic heterocycles. The lowest BCUT2D eigenvalue weighted by atomic mass is 9.96. The summed E-state index contributed by atoms with van der Waals surface area (Å²) in [5.74, 6) is -0.559. The Morgan fingerprint density at radius 3 is 2.56 bits per heavy atom. The van der Waals surface area contributed by atoms with Gasteiger partial charge in [-0.15, -0.1) is 0 Å². The molecule has 2 aromatic carbocycles. The van der Waals surface area contributed by atoms with Crippen LogP contribution in [0.15, 0.2) is 77.8 Å². The van der Waals surface area contributed by atoms with Crippen molar-refractivity contribution in [2.75, 3.05) is 13.2 Å². The lowest BCUT2D eigenvalue weighted by Gasteiger charge is -2.26. The van der Waals surface area contributed by atoms with Gasteiger partial charge in [-0.25, -0.2) is 9.67 Å². The van der Waals surface area contributed by atoms with Gasteiger partial charge in [0, 0.05) is 41.1 Å². The lowest BCUT2D eigenvalue weighted by molar-refractivity contribution is -0.144. The van der Waals surface area contributed by atoms with E-state index < -0.39 is 5.97 Å². The number of hydrogen-bond acceptors (Lipinski definition) is 5. The molecule has 1 unspecified atom stereocenters. The molecule has 8 nitrogen and oxygen atoms in total. The average molecular weight is 548 g/mol. The number of esters is 1. The Morgan fingerprint density at radius 1 is 1.08 bits per heavy atom. The molecule has 0 saturated carbocycles. The summed E-state index contributed by atoms with van der Waals surface area (Å²) >= 11 is 3.52. The number of aromatic nitrogens is 4. The molecule has 0 aliphatic carbocycles. The number of carbonyl (C=O) groups excluding carboxylic acids is 2. The molecule has 2 aromatic heterocycles. The van der Waals surface area contributed by atoms with Crippen LogP contribution in [0.25, 0.3) is 11.3 Å². The van der Waals surface area contributed by atoms with Gasteiger partial charge in [0.05, 0.1) is 24.7 Å². The highest BCUT2D eigenvalue weighted by molar-refractivity contribution is 9.10. The first-order chi connectivity index (χ1) is 17.6. The van der Waals surface area contributed by atoms with Crippen molar-refractivity contribution in [2.45, 2.75) is 32.5 Å². The SMILES string of the molecule is CCOC(=O)Cn1nc(-c2ccccc2)c2c1C(=O)N(CCCn1ccnc1)C2c1ccc(Br)cc1. The van der Waals surface area contributed by atoms with Gasteiger partial charge in [-0.05, 0) is 31.0 Å². The molecule has 0 N–H and O–H groups in total. The van der Waals surface area contributed by atoms with E-state index >= 15 is 0 Å². The van der Waals surface area contributed by atoms with Crippen molar-refractivity contribution in [2.24, 2.45) is 0 Å². The third-order valence-electron chi connectivity index (χ3n) is 6.23. The van der Waals surface area contributed by atoms with Gasteiger partial charge in [0.2, 0.25) is 0 Å². The third-order valence-corrected chi connectivity index (χ3v) is 6.76. The zero-order valence-electron chi connectivity index (χ0n) is 19.9. The second-order valence-electron chi connectivity index (χ2n) is 8.55. The number of carbonyl (C=O) groups is 2. The smallest absolute Gasteiger partial charge is 0.327 e. The van der Waals surface area contributed by atoms with Crippen molar-refractivity contribution in [1.82, 2.24) is 24.2 Å². The van der Waals surface area contributed by atoms with Gasteiger partial charge in [-0.1, -0.05) is 58.4 Å². The normalized spacial score (nSPS) is 14.8. The van der Waals surface area contributed by atoms with Crippen LogP contribution in [0.4, 0.5) is 0 Å². The predicted molar refractivity (Wildman–Crippen MR) is 138 cm³/mol. The number of benzene rings is 2. The minimum atomic E-state index is -0.422. The maximum absolute atomic E-state index is 13.9. The van der Waals surface area contributed by atoms with Crippen molar-refractivity contribution in [3.63, 3.8) is 0 Å². The summed E-state index contributed by atoms with van der Waals surface area (Å²) in [6.07, 6.45) is 6.19. The summed E-state index contributed by atoms with van der Waals surface area (Å²) in [7, 11) is 0. The standard InChI is InChI=1S/C27H26BrN5O3/c1-2-36-22(34)17-33-26-23(24(30-33)19-7-4-3-5-8-19)25(20-9-11-21(28)12-10-20)32(27(26)35)15-6-14-31-16-13-29-18-31/h3-5,7-13,16,18,25H,2,6,14-15,17H2,1H3. The van der Waals surface area contributed by atoms with E-state index in [1.54, 1.807) is 19.4 Å². The molecular weight excluding hydrogens is 522 g/mol. The van der Waals surface area contributed by atoms with Crippen molar-refractivity contribution in [1.29, 1.82) is 0 Å². The summed E-state index contributed by atoms with van der Waals surface area (Å²) in [6, 6.07) is 17.5. The van der Waals surface area contributed by atoms with E-state index in [4.69, 9.17) is 9.84 Å². The van der Waals surface area contributed by atoms with Crippen LogP contribution in [0.1, 0.15) is 41.0 Å². The van der Waals surface area contributed by atoms with Crippen molar-refractivity contribution in [3.05, 3.63) is 94.6 Å². The first-order valence-electron chi connectivity index (χ1n) is 11.9. The maximum atomic E-state index is 13.9. The quantitative estimate of drug-likeness (QED) is 0.283. The topological polar surface area (TPSA) is 82.3 Å². The molecule has 36 heavy (non-hydrogen) atoms. The molecule has 0 bridgehead atoms. The molecule has 5 rings (SSSR count). The van der Waals surface area contributed by atoms with E-state index in [0.29, 0.717) is 17.9 Å². The van der Waals surface area contributed by atoms with E-state index in [9.17, 15) is 9.59 Å². The molecule has 1 amide bonds. The van der Waals surface area contributed by atoms with Gasteiger partial charge in [-0.3, -0.25) is 9.59 Å². The Labute approximate surface area is 217 Å². The molecule has 3 heterocycles. The number of fused-ring (bicyclic) bond motifs is 1. The van der Waals surface area contributed by atoms with Crippen LogP contribution in [0.2, 0.25) is 0 Å². The summed E-state index contributed by atoms with van der Waals surface area (Å²) in [5.41, 5.74) is 3.85. The van der Waals surface area contributed by atoms with Crippen LogP contribution in [-0.2, 0) is 22.6 Å². The number of ether oxygens (including phenoxy) is 1. The number of amides is 1. The third kappa shape index (κ3) is 4.70. The van der Waals surface area contributed by atoms with Gasteiger partial charge < -0.3 is 14.2 Å². The second kappa shape index (κ2) is 10.5. The molecule has 0 saturated heterocycles. The summed E-state index contributed by atoms with van der Waals surface area (Å²) in [5, 5.41) is 4.77. The Balaban J connectivity index is 1.59. The second-order valence-corrected chi connectivity index (χ2v) is 9.46. The minimum absolute atomic E-state index is 0.120. The number of hydrogen-bond donors (Lipinski definition) is 0. The summed E-state index contributed by atoms with van der Waals surface area (Å²) < 4.78 is 9.65. The van der Waals surface area contributed by atoms with Crippen LogP contribution in [0.3, 0.4) is 0 Å². The largest absolute Gasteiger partial charge is 0.465 e. The fourth-order valence-electron chi connectivity index (χ4n) is 4.69. The molecule has 1 atom stereocenters. The molecule has 4 aromatic rings. The van der Waals surface area contributed by atoms with E-state index in [0.717, 1.165) is 34.1 Å². The predicted octanol–water partition coefficient (Wildman–Crippen LogP) is 4.71. The summed E-state index contributed by atoms with van der Waals surface area (Å²) in [4.78, 5) is 32.3. The van der Waals surface area contributed by atoms with Gasteiger partial charge in [0.25, 0.3) is 5.91 Å². The van der Waals surface area contributed by atoms with Crippen molar-refractivity contribution in [3.8, 4) is 11.3 Å². The van der Waals surface area contributed by atoms with Crippen LogP contribution < -0.4 is 0 Å². The molecule has 184 valence electrons. The molecular formula is C27H26BrN5O3. The number of halogens is 1. The molecule has 0 spiro atoms. The highest BCUT2D eigenvalue weighted by Crippen LogP contribution is 2.44. The number of imidazole rings is 1. The Hall–Kier alpha value is -3.72. The van der Waals surface area contributed by atoms with Crippen molar-refractivity contribution < 1.29 is 14.3 Å². The Bertz CT molecular complexity index is 1350. The van der Waals surface area contributed by atoms with Gasteiger partial charge in [-0.2, -0.15) is 5.10 Å². The molecule has 9 heteroatoms. The summed E-state index contributed by atoms with van der Waals surface area (Å²) in [6.45, 7) is 3.19. The van der Waals surface area contributed by atoms with Gasteiger partial charge >= 0.3 is 5.97 Å². The zero-order chi connectivity index (χ0) is 25.1. The molecule has 0 radical (unpaired) electrons. The van der Waals surface area contributed by atoms with Crippen molar-refractivity contribution >= 4 is 27.8 Å². The molecule has 1 aliphatic rings. The zero-order valence-corrected chi connectivity index (χ0v) is 21.5. The average Bonchev–Trinajstić information content (AvgIpc) is 3.59. The fraction of sp³-hybridized carbons (Fsp3) is 0.259. The monoisotopic (exact) mass is 547 g/mol. The lowest BCUT2D eigenvalue weighted by Crippen LogP contribution is -2.32. The minimum Gasteiger partial charge on any atom is -0.465 e. The Kier molecular flexibility index (Phi) is 6.99. The van der Waals surface area contributed by atoms with Crippen LogP contribution in [0, 0.1) is 0 Å². The number of aryl methyl sites for hydroxylation is 1. The van der Waals surface area contributed by atoms with Gasteiger partial charge in [0.15, 0.2) is 0 Å².